The number of nitrogens with zero attached hydrogens (tertiary/aromatic N) is 1. The minimum Gasteiger partial charge on any atom is -0.352 e. The summed E-state index contributed by atoms with van der Waals surface area (Å²) in [6, 6.07) is 4.16. The summed E-state index contributed by atoms with van der Waals surface area (Å²) in [4.78, 5) is 16.9. The molecule has 1 aromatic heterocycles. The van der Waals surface area contributed by atoms with Gasteiger partial charge >= 0.3 is 0 Å². The molecule has 1 aliphatic rings. The third-order valence-corrected chi connectivity index (χ3v) is 4.16. The zero-order valence-electron chi connectivity index (χ0n) is 10.6. The quantitative estimate of drug-likeness (QED) is 0.806. The van der Waals surface area contributed by atoms with Crippen LogP contribution in [0.2, 0.25) is 0 Å². The summed E-state index contributed by atoms with van der Waals surface area (Å²) in [5.41, 5.74) is 0. The number of aromatic nitrogens is 1. The van der Waals surface area contributed by atoms with Crippen molar-refractivity contribution in [1.82, 2.24) is 15.6 Å². The largest absolute Gasteiger partial charge is 0.352 e. The Morgan fingerprint density at radius 2 is 2.33 bits per heavy atom. The van der Waals surface area contributed by atoms with Crippen LogP contribution in [0.4, 0.5) is 0 Å². The molecule has 0 spiro atoms. The van der Waals surface area contributed by atoms with Crippen LogP contribution in [0.3, 0.4) is 0 Å². The lowest BCUT2D eigenvalue weighted by molar-refractivity contribution is -0.119. The zero-order chi connectivity index (χ0) is 12.8. The second kappa shape index (κ2) is 6.75. The molecule has 2 N–H and O–H groups in total. The first-order chi connectivity index (χ1) is 8.75. The number of amides is 1. The molecule has 2 unspecified atom stereocenters. The number of carbonyl (C=O) groups excluding carboxylic acids is 1. The highest BCUT2D eigenvalue weighted by Crippen LogP contribution is 2.16. The van der Waals surface area contributed by atoms with Gasteiger partial charge in [-0.15, -0.1) is 11.8 Å². The van der Waals surface area contributed by atoms with Crippen molar-refractivity contribution in [2.75, 3.05) is 18.8 Å². The Morgan fingerprint density at radius 1 is 1.56 bits per heavy atom. The summed E-state index contributed by atoms with van der Waals surface area (Å²) in [6.07, 6.45) is 4.51. The molecule has 0 aliphatic carbocycles. The van der Waals surface area contributed by atoms with Gasteiger partial charge in [0.05, 0.1) is 5.75 Å². The van der Waals surface area contributed by atoms with E-state index in [4.69, 9.17) is 0 Å². The summed E-state index contributed by atoms with van der Waals surface area (Å²) in [5.74, 6) is 1.10. The Labute approximate surface area is 112 Å². The van der Waals surface area contributed by atoms with E-state index in [1.165, 1.54) is 0 Å². The fourth-order valence-electron chi connectivity index (χ4n) is 2.06. The van der Waals surface area contributed by atoms with E-state index in [1.54, 1.807) is 24.2 Å². The van der Waals surface area contributed by atoms with Crippen LogP contribution >= 0.6 is 11.8 Å². The lowest BCUT2D eigenvalue weighted by Crippen LogP contribution is -2.48. The topological polar surface area (TPSA) is 54.0 Å². The maximum absolute atomic E-state index is 11.9. The first-order valence-corrected chi connectivity index (χ1v) is 7.27. The molecule has 1 aliphatic heterocycles. The van der Waals surface area contributed by atoms with E-state index in [2.05, 4.69) is 22.5 Å². The molecule has 2 atom stereocenters. The molecule has 0 radical (unpaired) electrons. The van der Waals surface area contributed by atoms with Crippen molar-refractivity contribution in [3.63, 3.8) is 0 Å². The monoisotopic (exact) mass is 265 g/mol. The van der Waals surface area contributed by atoms with E-state index in [0.717, 1.165) is 24.4 Å². The molecule has 0 saturated carbocycles. The predicted molar refractivity (Wildman–Crippen MR) is 73.5 cm³/mol. The Hall–Kier alpha value is -1.07. The van der Waals surface area contributed by atoms with E-state index in [9.17, 15) is 4.79 Å². The van der Waals surface area contributed by atoms with Gasteiger partial charge in [0.2, 0.25) is 5.91 Å². The molecule has 98 valence electrons. The Bertz CT molecular complexity index is 385. The van der Waals surface area contributed by atoms with E-state index in [1.807, 2.05) is 12.1 Å². The number of pyridine rings is 1. The highest BCUT2D eigenvalue weighted by Gasteiger charge is 2.22. The van der Waals surface area contributed by atoms with Crippen LogP contribution in [0.15, 0.2) is 29.4 Å². The van der Waals surface area contributed by atoms with Crippen molar-refractivity contribution in [3.05, 3.63) is 24.5 Å². The van der Waals surface area contributed by atoms with Crippen molar-refractivity contribution in [3.8, 4) is 0 Å². The molecule has 2 heterocycles. The van der Waals surface area contributed by atoms with E-state index >= 15 is 0 Å². The summed E-state index contributed by atoms with van der Waals surface area (Å²) >= 11 is 1.55. The number of thioether (sulfide) groups is 1. The van der Waals surface area contributed by atoms with E-state index < -0.39 is 0 Å². The van der Waals surface area contributed by atoms with Crippen LogP contribution in [-0.2, 0) is 4.79 Å². The highest BCUT2D eigenvalue weighted by atomic mass is 32.2. The number of piperidine rings is 1. The molecule has 2 rings (SSSR count). The van der Waals surface area contributed by atoms with E-state index in [0.29, 0.717) is 17.7 Å². The van der Waals surface area contributed by atoms with Crippen LogP contribution in [0.5, 0.6) is 0 Å². The maximum Gasteiger partial charge on any atom is 0.230 e. The minimum absolute atomic E-state index is 0.121. The third kappa shape index (κ3) is 3.99. The van der Waals surface area contributed by atoms with E-state index in [-0.39, 0.29) is 5.91 Å². The third-order valence-electron chi connectivity index (χ3n) is 3.15. The summed E-state index contributed by atoms with van der Waals surface area (Å²) in [5, 5.41) is 6.46. The van der Waals surface area contributed by atoms with Crippen molar-refractivity contribution in [2.45, 2.75) is 24.3 Å². The smallest absolute Gasteiger partial charge is 0.230 e. The van der Waals surface area contributed by atoms with Crippen LogP contribution in [0, 0.1) is 5.92 Å². The Kier molecular flexibility index (Phi) is 5.01. The van der Waals surface area contributed by atoms with Crippen molar-refractivity contribution in [1.29, 1.82) is 0 Å². The van der Waals surface area contributed by atoms with Crippen molar-refractivity contribution in [2.24, 2.45) is 5.92 Å². The van der Waals surface area contributed by atoms with Gasteiger partial charge < -0.3 is 10.6 Å². The number of hydrogen-bond donors (Lipinski definition) is 2. The number of nitrogens with one attached hydrogen (secondary N) is 2. The molecule has 1 fully saturated rings. The van der Waals surface area contributed by atoms with Crippen molar-refractivity contribution < 1.29 is 4.79 Å². The number of hydrogen-bond acceptors (Lipinski definition) is 4. The van der Waals surface area contributed by atoms with Gasteiger partial charge in [-0.05, 0) is 37.6 Å². The summed E-state index contributed by atoms with van der Waals surface area (Å²) in [6.45, 7) is 4.16. The molecule has 1 amide bonds. The second-order valence-electron chi connectivity index (χ2n) is 4.62. The first-order valence-electron chi connectivity index (χ1n) is 6.28. The van der Waals surface area contributed by atoms with Gasteiger partial charge in [0, 0.05) is 23.3 Å². The SMILES string of the molecule is CC1CNCCC1NC(=O)CSc1ccncc1. The average Bonchev–Trinajstić information content (AvgIpc) is 2.40. The van der Waals surface area contributed by atoms with Gasteiger partial charge in [0.25, 0.3) is 0 Å². The van der Waals surface area contributed by atoms with Crippen LogP contribution < -0.4 is 10.6 Å². The van der Waals surface area contributed by atoms with Crippen LogP contribution in [-0.4, -0.2) is 35.8 Å². The van der Waals surface area contributed by atoms with Gasteiger partial charge in [0.1, 0.15) is 0 Å². The molecule has 1 aromatic rings. The molecule has 0 aromatic carbocycles. The Balaban J connectivity index is 1.75. The Morgan fingerprint density at radius 3 is 3.06 bits per heavy atom. The predicted octanol–water partition coefficient (Wildman–Crippen LogP) is 1.29. The molecule has 18 heavy (non-hydrogen) atoms. The first kappa shape index (κ1) is 13.4. The molecule has 4 nitrogen and oxygen atoms in total. The molecular weight excluding hydrogens is 246 g/mol. The van der Waals surface area contributed by atoms with Gasteiger partial charge in [-0.3, -0.25) is 9.78 Å². The summed E-state index contributed by atoms with van der Waals surface area (Å²) in [7, 11) is 0. The van der Waals surface area contributed by atoms with Gasteiger partial charge in [-0.2, -0.15) is 0 Å². The average molecular weight is 265 g/mol. The van der Waals surface area contributed by atoms with Gasteiger partial charge in [-0.1, -0.05) is 6.92 Å². The number of rotatable bonds is 4. The fourth-order valence-corrected chi connectivity index (χ4v) is 2.76. The highest BCUT2D eigenvalue weighted by molar-refractivity contribution is 8.00. The fraction of sp³-hybridized carbons (Fsp3) is 0.538. The zero-order valence-corrected chi connectivity index (χ0v) is 11.4. The molecular formula is C13H19N3OS. The normalized spacial score (nSPS) is 23.6. The minimum atomic E-state index is 0.121. The standard InChI is InChI=1S/C13H19N3OS/c1-10-8-15-7-4-12(10)16-13(17)9-18-11-2-5-14-6-3-11/h2-3,5-6,10,12,15H,4,7-9H2,1H3,(H,16,17). The van der Waals surface area contributed by atoms with Crippen LogP contribution in [0.1, 0.15) is 13.3 Å². The van der Waals surface area contributed by atoms with Crippen molar-refractivity contribution >= 4 is 17.7 Å². The molecule has 5 heteroatoms. The second-order valence-corrected chi connectivity index (χ2v) is 5.66. The van der Waals surface area contributed by atoms with Gasteiger partial charge in [-0.25, -0.2) is 0 Å². The lowest BCUT2D eigenvalue weighted by Gasteiger charge is -2.30. The molecule has 1 saturated heterocycles. The number of carbonyl (C=O) groups is 1. The maximum atomic E-state index is 11.9. The van der Waals surface area contributed by atoms with Gasteiger partial charge in [0.15, 0.2) is 0 Å². The summed E-state index contributed by atoms with van der Waals surface area (Å²) < 4.78 is 0. The molecule has 0 bridgehead atoms. The lowest BCUT2D eigenvalue weighted by atomic mass is 9.95. The van der Waals surface area contributed by atoms with Crippen LogP contribution in [0.25, 0.3) is 0 Å².